The summed E-state index contributed by atoms with van der Waals surface area (Å²) in [6.07, 6.45) is 3.13. The Labute approximate surface area is 156 Å². The number of carboxylic acid groups (broad SMARTS) is 1. The summed E-state index contributed by atoms with van der Waals surface area (Å²) in [5, 5.41) is 20.4. The maximum atomic E-state index is 9.80. The number of benzene rings is 1. The molecule has 26 heavy (non-hydrogen) atoms. The van der Waals surface area contributed by atoms with Crippen molar-refractivity contribution in [2.75, 3.05) is 26.4 Å². The third-order valence-electron chi connectivity index (χ3n) is 3.71. The lowest BCUT2D eigenvalue weighted by atomic mass is 10.1. The minimum Gasteiger partial charge on any atom is -0.491 e. The van der Waals surface area contributed by atoms with Crippen LogP contribution < -0.4 is 10.1 Å². The van der Waals surface area contributed by atoms with Crippen molar-refractivity contribution in [2.24, 2.45) is 5.92 Å². The van der Waals surface area contributed by atoms with Crippen LogP contribution in [0.25, 0.3) is 0 Å². The highest BCUT2D eigenvalue weighted by molar-refractivity contribution is 5.62. The molecule has 0 amide bonds. The summed E-state index contributed by atoms with van der Waals surface area (Å²) in [5.74, 6) is 0.790. The van der Waals surface area contributed by atoms with Gasteiger partial charge in [0, 0.05) is 26.1 Å². The molecule has 1 fully saturated rings. The molecule has 6 nitrogen and oxygen atoms in total. The maximum absolute atomic E-state index is 9.80. The fourth-order valence-corrected chi connectivity index (χ4v) is 2.10. The minimum atomic E-state index is -0.833. The van der Waals surface area contributed by atoms with E-state index in [-0.39, 0.29) is 0 Å². The quantitative estimate of drug-likeness (QED) is 0.521. The fraction of sp³-hybridized carbons (Fsp3) is 0.650. The minimum absolute atomic E-state index is 0.309. The summed E-state index contributed by atoms with van der Waals surface area (Å²) < 4.78 is 11.2. The number of nitrogens with one attached hydrogen (secondary N) is 1. The van der Waals surface area contributed by atoms with Crippen LogP contribution in [-0.2, 0) is 16.0 Å². The summed E-state index contributed by atoms with van der Waals surface area (Å²) in [7, 11) is 0. The number of hydrogen-bond acceptors (Lipinski definition) is 5. The lowest BCUT2D eigenvalue weighted by molar-refractivity contribution is -0.134. The number of carbonyl (C=O) groups is 1. The van der Waals surface area contributed by atoms with Crippen LogP contribution in [0.3, 0.4) is 0 Å². The third-order valence-corrected chi connectivity index (χ3v) is 3.71. The van der Waals surface area contributed by atoms with Gasteiger partial charge in [0.15, 0.2) is 0 Å². The number of ether oxygens (including phenoxy) is 2. The Morgan fingerprint density at radius 1 is 1.27 bits per heavy atom. The van der Waals surface area contributed by atoms with E-state index in [4.69, 9.17) is 19.4 Å². The van der Waals surface area contributed by atoms with Gasteiger partial charge in [-0.25, -0.2) is 0 Å². The van der Waals surface area contributed by atoms with Crippen LogP contribution in [0.1, 0.15) is 39.2 Å². The first-order valence-electron chi connectivity index (χ1n) is 9.27. The molecular formula is C20H33NO5. The molecule has 2 rings (SSSR count). The van der Waals surface area contributed by atoms with Crippen molar-refractivity contribution in [1.82, 2.24) is 5.32 Å². The first kappa shape index (κ1) is 22.4. The maximum Gasteiger partial charge on any atom is 0.300 e. The van der Waals surface area contributed by atoms with Crippen LogP contribution in [0.2, 0.25) is 0 Å². The third kappa shape index (κ3) is 12.7. The van der Waals surface area contributed by atoms with Gasteiger partial charge in [0.1, 0.15) is 18.5 Å². The molecule has 1 atom stereocenters. The molecule has 0 bridgehead atoms. The van der Waals surface area contributed by atoms with E-state index in [0.717, 1.165) is 38.2 Å². The van der Waals surface area contributed by atoms with Crippen molar-refractivity contribution in [3.8, 4) is 5.75 Å². The molecule has 1 aromatic carbocycles. The zero-order chi connectivity index (χ0) is 19.4. The molecule has 1 aliphatic carbocycles. The predicted octanol–water partition coefficient (Wildman–Crippen LogP) is 2.48. The van der Waals surface area contributed by atoms with Crippen LogP contribution >= 0.6 is 0 Å². The summed E-state index contributed by atoms with van der Waals surface area (Å²) in [4.78, 5) is 9.00. The number of hydrogen-bond donors (Lipinski definition) is 3. The average Bonchev–Trinajstić information content (AvgIpc) is 3.40. The zero-order valence-corrected chi connectivity index (χ0v) is 16.1. The highest BCUT2D eigenvalue weighted by Gasteiger charge is 2.20. The molecule has 1 saturated carbocycles. The Morgan fingerprint density at radius 3 is 2.42 bits per heavy atom. The largest absolute Gasteiger partial charge is 0.491 e. The summed E-state index contributed by atoms with van der Waals surface area (Å²) >= 11 is 0. The molecule has 0 heterocycles. The fourth-order valence-electron chi connectivity index (χ4n) is 2.10. The second-order valence-electron chi connectivity index (χ2n) is 6.96. The molecule has 0 radical (unpaired) electrons. The number of aliphatic hydroxyl groups excluding tert-OH is 1. The lowest BCUT2D eigenvalue weighted by Gasteiger charge is -2.15. The van der Waals surface area contributed by atoms with Gasteiger partial charge in [0.05, 0.1) is 6.61 Å². The van der Waals surface area contributed by atoms with Gasteiger partial charge in [0.25, 0.3) is 5.97 Å². The molecule has 0 spiro atoms. The van der Waals surface area contributed by atoms with Crippen LogP contribution in [0, 0.1) is 5.92 Å². The lowest BCUT2D eigenvalue weighted by Crippen LogP contribution is -2.35. The molecule has 0 aromatic heterocycles. The number of rotatable bonds is 11. The Bertz CT molecular complexity index is 495. The van der Waals surface area contributed by atoms with Gasteiger partial charge in [-0.2, -0.15) is 0 Å². The zero-order valence-electron chi connectivity index (χ0n) is 16.1. The molecule has 148 valence electrons. The van der Waals surface area contributed by atoms with Gasteiger partial charge in [0.2, 0.25) is 0 Å². The molecule has 1 aliphatic rings. The van der Waals surface area contributed by atoms with E-state index < -0.39 is 12.1 Å². The van der Waals surface area contributed by atoms with Crippen molar-refractivity contribution in [1.29, 1.82) is 0 Å². The number of carboxylic acids is 1. The number of aliphatic carboxylic acids is 1. The van der Waals surface area contributed by atoms with Crippen LogP contribution in [-0.4, -0.2) is 54.7 Å². The van der Waals surface area contributed by atoms with E-state index in [2.05, 4.69) is 31.3 Å². The second-order valence-corrected chi connectivity index (χ2v) is 6.96. The average molecular weight is 367 g/mol. The Hall–Kier alpha value is -1.63. The standard InChI is InChI=1S/C18H29NO3.C2H4O2/c1-14(2)19-11-17(20)13-22-18-7-5-15(6-8-18)9-10-21-12-16-3-4-16;1-2(3)4/h5-8,14,16-17,19-20H,3-4,9-13H2,1-2H3;1H3,(H,3,4). The Morgan fingerprint density at radius 2 is 1.88 bits per heavy atom. The summed E-state index contributed by atoms with van der Waals surface area (Å²) in [6, 6.07) is 8.41. The first-order chi connectivity index (χ1) is 12.4. The summed E-state index contributed by atoms with van der Waals surface area (Å²) in [5.41, 5.74) is 1.25. The van der Waals surface area contributed by atoms with E-state index in [0.29, 0.717) is 19.2 Å². The molecular weight excluding hydrogens is 334 g/mol. The predicted molar refractivity (Wildman–Crippen MR) is 102 cm³/mol. The molecule has 1 unspecified atom stereocenters. The SMILES string of the molecule is CC(=O)O.CC(C)NCC(O)COc1ccc(CCOCC2CC2)cc1. The normalized spacial score (nSPS) is 14.5. The topological polar surface area (TPSA) is 88.0 Å². The van der Waals surface area contributed by atoms with Gasteiger partial charge in [-0.15, -0.1) is 0 Å². The van der Waals surface area contributed by atoms with Crippen molar-refractivity contribution in [3.63, 3.8) is 0 Å². The van der Waals surface area contributed by atoms with E-state index in [1.54, 1.807) is 0 Å². The van der Waals surface area contributed by atoms with Crippen molar-refractivity contribution >= 4 is 5.97 Å². The van der Waals surface area contributed by atoms with Crippen molar-refractivity contribution in [3.05, 3.63) is 29.8 Å². The highest BCUT2D eigenvalue weighted by Crippen LogP contribution is 2.28. The molecule has 1 aromatic rings. The molecule has 6 heteroatoms. The van der Waals surface area contributed by atoms with Gasteiger partial charge >= 0.3 is 0 Å². The van der Waals surface area contributed by atoms with Crippen LogP contribution in [0.4, 0.5) is 0 Å². The Kier molecular flexibility index (Phi) is 10.9. The van der Waals surface area contributed by atoms with E-state index in [1.807, 2.05) is 12.1 Å². The van der Waals surface area contributed by atoms with E-state index in [1.165, 1.54) is 18.4 Å². The molecule has 0 aliphatic heterocycles. The van der Waals surface area contributed by atoms with Crippen molar-refractivity contribution in [2.45, 2.75) is 52.2 Å². The van der Waals surface area contributed by atoms with Crippen molar-refractivity contribution < 1.29 is 24.5 Å². The first-order valence-corrected chi connectivity index (χ1v) is 9.27. The van der Waals surface area contributed by atoms with Gasteiger partial charge in [-0.1, -0.05) is 26.0 Å². The molecule has 0 saturated heterocycles. The highest BCUT2D eigenvalue weighted by atomic mass is 16.5. The summed E-state index contributed by atoms with van der Waals surface area (Å²) in [6.45, 7) is 7.76. The van der Waals surface area contributed by atoms with Crippen LogP contribution in [0.15, 0.2) is 24.3 Å². The smallest absolute Gasteiger partial charge is 0.300 e. The number of aliphatic hydroxyl groups is 1. The van der Waals surface area contributed by atoms with E-state index in [9.17, 15) is 5.11 Å². The molecule has 3 N–H and O–H groups in total. The Balaban J connectivity index is 0.000000765. The monoisotopic (exact) mass is 367 g/mol. The van der Waals surface area contributed by atoms with Gasteiger partial charge in [-0.05, 0) is 42.9 Å². The van der Waals surface area contributed by atoms with Gasteiger partial charge in [-0.3, -0.25) is 4.79 Å². The second kappa shape index (κ2) is 12.7. The van der Waals surface area contributed by atoms with Crippen LogP contribution in [0.5, 0.6) is 5.75 Å². The van der Waals surface area contributed by atoms with Gasteiger partial charge < -0.3 is 25.0 Å². The van der Waals surface area contributed by atoms with E-state index >= 15 is 0 Å².